The van der Waals surface area contributed by atoms with Crippen LogP contribution in [-0.4, -0.2) is 68.7 Å². The molecule has 0 heterocycles. The third-order valence-corrected chi connectivity index (χ3v) is 5.03. The molecule has 0 aromatic carbocycles. The highest BCUT2D eigenvalue weighted by molar-refractivity contribution is 5.68. The number of carbonyl (C=O) groups is 1. The number of nitrogens with two attached hydrogens (primary N) is 1. The first kappa shape index (κ1) is 26.1. The van der Waals surface area contributed by atoms with Crippen molar-refractivity contribution in [2.75, 3.05) is 33.7 Å². The summed E-state index contributed by atoms with van der Waals surface area (Å²) >= 11 is 0. The van der Waals surface area contributed by atoms with Crippen LogP contribution in [0.1, 0.15) is 65.7 Å². The van der Waals surface area contributed by atoms with Crippen molar-refractivity contribution in [1.29, 1.82) is 0 Å². The van der Waals surface area contributed by atoms with E-state index < -0.39 is 23.9 Å². The summed E-state index contributed by atoms with van der Waals surface area (Å²) in [5, 5.41) is 13.6. The summed E-state index contributed by atoms with van der Waals surface area (Å²) in [7, 11) is 1.60. The lowest BCUT2D eigenvalue weighted by Gasteiger charge is -2.35. The summed E-state index contributed by atoms with van der Waals surface area (Å²) in [6.45, 7) is 6.65. The second-order valence-corrected chi connectivity index (χ2v) is 8.79. The van der Waals surface area contributed by atoms with Gasteiger partial charge in [0, 0.05) is 7.11 Å². The summed E-state index contributed by atoms with van der Waals surface area (Å²) in [6, 6.07) is -0.388. The number of aliphatic hydroxyl groups is 1. The Labute approximate surface area is 175 Å². The predicted octanol–water partition coefficient (Wildman–Crippen LogP) is 2.57. The molecule has 172 valence electrons. The third-order valence-electron chi connectivity index (χ3n) is 5.03. The number of hydrogen-bond donors (Lipinski definition) is 3. The van der Waals surface area contributed by atoms with Crippen LogP contribution in [0.2, 0.25) is 0 Å². The molecule has 1 amide bonds. The summed E-state index contributed by atoms with van der Waals surface area (Å²) in [5.41, 5.74) is 5.05. The summed E-state index contributed by atoms with van der Waals surface area (Å²) in [5.74, 6) is 0.481. The molecule has 1 rings (SSSR count). The Hall–Kier alpha value is -0.930. The standard InChI is InChI=1S/C21H42N2O6/c1-21(2,3)29-20(25)23-17(14-16-8-6-5-7-9-16)19(18(24)10-11-22)28-15-27-13-12-26-4/h16-19,24H,5-15,22H2,1-4H3,(H,23,25)/t17-,18+,19+/m0/s1. The highest BCUT2D eigenvalue weighted by atomic mass is 16.7. The van der Waals surface area contributed by atoms with Gasteiger partial charge < -0.3 is 35.1 Å². The lowest BCUT2D eigenvalue weighted by atomic mass is 9.83. The predicted molar refractivity (Wildman–Crippen MR) is 112 cm³/mol. The Balaban J connectivity index is 2.84. The second kappa shape index (κ2) is 14.1. The average Bonchev–Trinajstić information content (AvgIpc) is 2.63. The topological polar surface area (TPSA) is 112 Å². The van der Waals surface area contributed by atoms with E-state index in [4.69, 9.17) is 24.7 Å². The van der Waals surface area contributed by atoms with E-state index in [1.807, 2.05) is 20.8 Å². The first-order chi connectivity index (χ1) is 13.8. The number of amides is 1. The molecule has 0 aliphatic heterocycles. The molecule has 29 heavy (non-hydrogen) atoms. The van der Waals surface area contributed by atoms with Crippen LogP contribution in [0.4, 0.5) is 4.79 Å². The SMILES string of the molecule is COCCOCO[C@@H]([C@H](O)CCN)[C@H](CC1CCCCC1)NC(=O)OC(C)(C)C. The molecule has 0 radical (unpaired) electrons. The molecule has 8 nitrogen and oxygen atoms in total. The molecule has 1 fully saturated rings. The molecule has 0 bridgehead atoms. The molecular formula is C21H42N2O6. The highest BCUT2D eigenvalue weighted by Crippen LogP contribution is 2.29. The van der Waals surface area contributed by atoms with Crippen LogP contribution in [0.15, 0.2) is 0 Å². The summed E-state index contributed by atoms with van der Waals surface area (Å²) in [4.78, 5) is 12.5. The Kier molecular flexibility index (Phi) is 12.7. The summed E-state index contributed by atoms with van der Waals surface area (Å²) in [6.07, 6.45) is 5.04. The number of carbonyl (C=O) groups excluding carboxylic acids is 1. The van der Waals surface area contributed by atoms with Gasteiger partial charge in [-0.15, -0.1) is 0 Å². The molecular weight excluding hydrogens is 376 g/mol. The van der Waals surface area contributed by atoms with E-state index in [-0.39, 0.29) is 12.8 Å². The largest absolute Gasteiger partial charge is 0.444 e. The number of rotatable bonds is 13. The smallest absolute Gasteiger partial charge is 0.407 e. The average molecular weight is 419 g/mol. The number of alkyl carbamates (subject to hydrolysis) is 1. The van der Waals surface area contributed by atoms with E-state index in [9.17, 15) is 9.90 Å². The molecule has 0 unspecified atom stereocenters. The van der Waals surface area contributed by atoms with E-state index in [2.05, 4.69) is 5.32 Å². The van der Waals surface area contributed by atoms with Crippen molar-refractivity contribution in [1.82, 2.24) is 5.32 Å². The zero-order valence-corrected chi connectivity index (χ0v) is 18.7. The minimum Gasteiger partial charge on any atom is -0.444 e. The van der Waals surface area contributed by atoms with Gasteiger partial charge in [-0.1, -0.05) is 32.1 Å². The minimum atomic E-state index is -0.811. The van der Waals surface area contributed by atoms with Gasteiger partial charge in [0.25, 0.3) is 0 Å². The molecule has 4 N–H and O–H groups in total. The van der Waals surface area contributed by atoms with E-state index in [1.165, 1.54) is 19.3 Å². The van der Waals surface area contributed by atoms with E-state index >= 15 is 0 Å². The monoisotopic (exact) mass is 418 g/mol. The summed E-state index contributed by atoms with van der Waals surface area (Å²) < 4.78 is 21.7. The third kappa shape index (κ3) is 11.7. The van der Waals surface area contributed by atoms with Gasteiger partial charge in [0.15, 0.2) is 0 Å². The quantitative estimate of drug-likeness (QED) is 0.311. The maximum atomic E-state index is 12.5. The van der Waals surface area contributed by atoms with Crippen LogP contribution < -0.4 is 11.1 Å². The molecule has 1 aliphatic carbocycles. The fourth-order valence-electron chi connectivity index (χ4n) is 3.67. The lowest BCUT2D eigenvalue weighted by molar-refractivity contribution is -0.141. The number of nitrogens with one attached hydrogen (secondary N) is 1. The Morgan fingerprint density at radius 1 is 1.21 bits per heavy atom. The Morgan fingerprint density at radius 3 is 2.48 bits per heavy atom. The zero-order valence-electron chi connectivity index (χ0n) is 18.7. The van der Waals surface area contributed by atoms with Crippen molar-refractivity contribution < 1.29 is 28.8 Å². The molecule has 0 spiro atoms. The highest BCUT2D eigenvalue weighted by Gasteiger charge is 2.34. The molecule has 3 atom stereocenters. The van der Waals surface area contributed by atoms with Crippen molar-refractivity contribution in [3.8, 4) is 0 Å². The van der Waals surface area contributed by atoms with Crippen molar-refractivity contribution >= 4 is 6.09 Å². The van der Waals surface area contributed by atoms with Gasteiger partial charge in [0.2, 0.25) is 0 Å². The van der Waals surface area contributed by atoms with E-state index in [0.717, 1.165) is 19.3 Å². The second-order valence-electron chi connectivity index (χ2n) is 8.79. The van der Waals surface area contributed by atoms with Gasteiger partial charge in [0.1, 0.15) is 18.5 Å². The van der Waals surface area contributed by atoms with Crippen molar-refractivity contribution in [2.24, 2.45) is 11.7 Å². The Morgan fingerprint density at radius 2 is 1.90 bits per heavy atom. The van der Waals surface area contributed by atoms with Crippen LogP contribution in [-0.2, 0) is 18.9 Å². The van der Waals surface area contributed by atoms with Gasteiger partial charge in [-0.3, -0.25) is 0 Å². The lowest BCUT2D eigenvalue weighted by Crippen LogP contribution is -2.52. The molecule has 0 aromatic heterocycles. The minimum absolute atomic E-state index is 0.00677. The van der Waals surface area contributed by atoms with Crippen molar-refractivity contribution in [2.45, 2.75) is 89.6 Å². The Bertz CT molecular complexity index is 437. The van der Waals surface area contributed by atoms with Crippen LogP contribution in [0, 0.1) is 5.92 Å². The van der Waals surface area contributed by atoms with Crippen molar-refractivity contribution in [3.05, 3.63) is 0 Å². The fourth-order valence-corrected chi connectivity index (χ4v) is 3.67. The maximum absolute atomic E-state index is 12.5. The number of hydrogen-bond acceptors (Lipinski definition) is 7. The molecule has 1 aliphatic rings. The van der Waals surface area contributed by atoms with Crippen LogP contribution in [0.5, 0.6) is 0 Å². The van der Waals surface area contributed by atoms with Gasteiger partial charge >= 0.3 is 6.09 Å². The van der Waals surface area contributed by atoms with Gasteiger partial charge in [-0.2, -0.15) is 0 Å². The first-order valence-electron chi connectivity index (χ1n) is 10.8. The normalized spacial score (nSPS) is 18.8. The first-order valence-corrected chi connectivity index (χ1v) is 10.8. The van der Waals surface area contributed by atoms with Gasteiger partial charge in [0.05, 0.1) is 25.4 Å². The van der Waals surface area contributed by atoms with Crippen LogP contribution >= 0.6 is 0 Å². The van der Waals surface area contributed by atoms with E-state index in [1.54, 1.807) is 7.11 Å². The van der Waals surface area contributed by atoms with Crippen LogP contribution in [0.3, 0.4) is 0 Å². The van der Waals surface area contributed by atoms with Gasteiger partial charge in [-0.25, -0.2) is 4.79 Å². The van der Waals surface area contributed by atoms with E-state index in [0.29, 0.717) is 32.1 Å². The molecule has 0 saturated heterocycles. The molecule has 8 heteroatoms. The molecule has 1 saturated carbocycles. The number of aliphatic hydroxyl groups excluding tert-OH is 1. The number of methoxy groups -OCH3 is 1. The fraction of sp³-hybridized carbons (Fsp3) is 0.952. The van der Waals surface area contributed by atoms with Gasteiger partial charge in [-0.05, 0) is 46.1 Å². The van der Waals surface area contributed by atoms with Crippen LogP contribution in [0.25, 0.3) is 0 Å². The molecule has 0 aromatic rings. The zero-order chi connectivity index (χ0) is 21.7. The van der Waals surface area contributed by atoms with Crippen molar-refractivity contribution in [3.63, 3.8) is 0 Å². The number of ether oxygens (including phenoxy) is 4. The maximum Gasteiger partial charge on any atom is 0.407 e.